The number of nitrogens with two attached hydrogens (primary N) is 1. The minimum absolute atomic E-state index is 0. The number of aldehydes is 1. The Morgan fingerprint density at radius 1 is 0.557 bits per heavy atom. The molecule has 3 aliphatic rings. The molecule has 3 atom stereocenters. The van der Waals surface area contributed by atoms with E-state index in [4.69, 9.17) is 62.9 Å². The Labute approximate surface area is 441 Å². The fourth-order valence-electron chi connectivity index (χ4n) is 3.89. The molecule has 0 amide bonds. The standard InChI is InChI=1S/C10H21N2O2S.C10H20NO3S.C10H19NO3S.H3N.3Na.3O3S.H/c1-9(2,3)15(13)12-10(5-4-6-11)7-14-8-10;2*1-9(2,3)15(13)11-10(5-4-6-12)7-14-8-10;;;;;3*1-4(2)3;/h6,12H,4-5,7-8,11H2,1-3H3;6,11-12H,4-5,7-8H2,1-3H3;6,11H,4-5,7-8H2,1-3H3;1H3;;;;;;;/q2*-1;;;3*+1;;;;-1. The van der Waals surface area contributed by atoms with Gasteiger partial charge in [0.1, 0.15) is 6.29 Å². The van der Waals surface area contributed by atoms with Crippen molar-refractivity contribution in [2.45, 2.75) is 132 Å². The van der Waals surface area contributed by atoms with E-state index in [1.54, 1.807) is 6.54 Å². The van der Waals surface area contributed by atoms with Crippen LogP contribution in [-0.4, -0.2) is 132 Å². The van der Waals surface area contributed by atoms with Crippen molar-refractivity contribution in [2.24, 2.45) is 5.73 Å². The Morgan fingerprint density at radius 2 is 0.787 bits per heavy atom. The Hall–Kier alpha value is 1.62. The molecule has 0 aromatic rings. The van der Waals surface area contributed by atoms with Gasteiger partial charge in [0.05, 0.1) is 103 Å². The summed E-state index contributed by atoms with van der Waals surface area (Å²) >= 11 is 0. The Bertz CT molecular complexity index is 1490. The first-order chi connectivity index (χ1) is 25.9. The largest absolute Gasteiger partial charge is 1.00 e. The zero-order valence-corrected chi connectivity index (χ0v) is 48.3. The average molecular weight is 1030 g/mol. The van der Waals surface area contributed by atoms with Crippen LogP contribution in [0.2, 0.25) is 0 Å². The van der Waals surface area contributed by atoms with Crippen molar-refractivity contribution in [3.63, 3.8) is 0 Å². The number of carbonyl (C=O) groups excluding carboxylic acids is 1. The molecule has 3 aliphatic heterocycles. The van der Waals surface area contributed by atoms with Crippen LogP contribution in [-0.2, 0) is 83.8 Å². The van der Waals surface area contributed by atoms with E-state index in [1.807, 2.05) is 62.3 Å². The van der Waals surface area contributed by atoms with Crippen molar-refractivity contribution < 1.29 is 165 Å². The molecular formula is C30H64N5Na3O17S6. The Morgan fingerprint density at radius 3 is 0.951 bits per heavy atom. The molecule has 0 bridgehead atoms. The van der Waals surface area contributed by atoms with E-state index < -0.39 is 64.8 Å². The van der Waals surface area contributed by atoms with Crippen LogP contribution in [0.15, 0.2) is 0 Å². The molecule has 0 aromatic carbocycles. The molecule has 3 rings (SSSR count). The molecule has 3 saturated heterocycles. The first kappa shape index (κ1) is 76.9. The zero-order valence-electron chi connectivity index (χ0n) is 38.4. The van der Waals surface area contributed by atoms with Crippen LogP contribution in [0.25, 0.3) is 0 Å². The summed E-state index contributed by atoms with van der Waals surface area (Å²) in [7, 11) is -12.6. The van der Waals surface area contributed by atoms with Crippen molar-refractivity contribution in [1.29, 1.82) is 0 Å². The summed E-state index contributed by atoms with van der Waals surface area (Å²) in [5.41, 5.74) is 4.77. The maximum Gasteiger partial charge on any atom is 1.00 e. The molecule has 350 valence electrons. The monoisotopic (exact) mass is 1030 g/mol. The van der Waals surface area contributed by atoms with Gasteiger partial charge in [0, 0.05) is 6.42 Å². The summed E-state index contributed by atoms with van der Waals surface area (Å²) in [6, 6.07) is 0. The van der Waals surface area contributed by atoms with Crippen LogP contribution in [0.4, 0.5) is 0 Å². The Kier molecular flexibility index (Phi) is 48.6. The summed E-state index contributed by atoms with van der Waals surface area (Å²) in [4.78, 5) is 10.3. The van der Waals surface area contributed by atoms with Gasteiger partial charge in [-0.25, -0.2) is 33.4 Å². The van der Waals surface area contributed by atoms with Gasteiger partial charge in [-0.2, -0.15) is 12.8 Å². The van der Waals surface area contributed by atoms with Crippen LogP contribution in [0.1, 0.15) is 102 Å². The van der Waals surface area contributed by atoms with Gasteiger partial charge >= 0.3 is 120 Å². The molecule has 31 heteroatoms. The van der Waals surface area contributed by atoms with E-state index in [-0.39, 0.29) is 127 Å². The zero-order chi connectivity index (χ0) is 45.3. The topological polar surface area (TPSA) is 367 Å². The van der Waals surface area contributed by atoms with Crippen molar-refractivity contribution in [3.05, 3.63) is 13.2 Å². The molecule has 3 heterocycles. The second-order valence-electron chi connectivity index (χ2n) is 15.6. The number of aliphatic hydroxyl groups excluding tert-OH is 1. The number of hydrogen-bond donors (Lipinski definition) is 6. The predicted octanol–water partition coefficient (Wildman–Crippen LogP) is -9.11. The summed E-state index contributed by atoms with van der Waals surface area (Å²) in [5.74, 6) is 0. The van der Waals surface area contributed by atoms with E-state index in [2.05, 4.69) is 14.2 Å². The number of rotatable bonds is 15. The normalized spacial score (nSPS) is 17.4. The molecule has 3 unspecified atom stereocenters. The number of aliphatic hydroxyl groups is 1. The maximum absolute atomic E-state index is 11.9. The molecule has 0 aliphatic carbocycles. The van der Waals surface area contributed by atoms with Crippen LogP contribution >= 0.6 is 0 Å². The van der Waals surface area contributed by atoms with E-state index in [0.29, 0.717) is 58.9 Å². The third-order valence-electron chi connectivity index (χ3n) is 7.15. The molecule has 61 heavy (non-hydrogen) atoms. The van der Waals surface area contributed by atoms with Gasteiger partial charge in [-0.15, -0.1) is 37.9 Å². The van der Waals surface area contributed by atoms with Crippen molar-refractivity contribution in [2.75, 3.05) is 39.6 Å². The van der Waals surface area contributed by atoms with Gasteiger partial charge in [0.25, 0.3) is 0 Å². The second-order valence-corrected chi connectivity index (χ2v) is 22.7. The minimum Gasteiger partial charge on any atom is -1.00 e. The predicted molar refractivity (Wildman–Crippen MR) is 217 cm³/mol. The molecular weight excluding hydrogens is 964 g/mol. The second kappa shape index (κ2) is 38.6. The summed E-state index contributed by atoms with van der Waals surface area (Å²) in [5, 5.41) is 8.67. The smallest absolute Gasteiger partial charge is 1.00 e. The van der Waals surface area contributed by atoms with Crippen molar-refractivity contribution in [1.82, 2.24) is 20.3 Å². The van der Waals surface area contributed by atoms with Crippen LogP contribution in [0.3, 0.4) is 0 Å². The minimum atomic E-state index is -3.11. The number of nitrogens with one attached hydrogen (secondary N) is 3. The van der Waals surface area contributed by atoms with E-state index >= 15 is 0 Å². The molecule has 22 nitrogen and oxygen atoms in total. The molecule has 3 fully saturated rings. The van der Waals surface area contributed by atoms with Crippen LogP contribution < -0.4 is 115 Å². The van der Waals surface area contributed by atoms with Gasteiger partial charge in [-0.1, -0.05) is 12.8 Å². The molecule has 0 saturated carbocycles. The summed E-state index contributed by atoms with van der Waals surface area (Å²) in [6.45, 7) is 23.7. The number of carbonyl (C=O) groups is 1. The van der Waals surface area contributed by atoms with Crippen molar-refractivity contribution in [3.8, 4) is 0 Å². The summed E-state index contributed by atoms with van der Waals surface area (Å²) in [6.07, 6.45) is 5.11. The van der Waals surface area contributed by atoms with Gasteiger partial charge in [-0.3, -0.25) is 6.54 Å². The Balaban J connectivity index is -0.000000100. The first-order valence-corrected chi connectivity index (χ1v) is 23.4. The first-order valence-electron chi connectivity index (χ1n) is 16.9. The molecule has 9 N–H and O–H groups in total. The number of ether oxygens (including phenoxy) is 3. The number of hydrogen-bond acceptors (Lipinski definition) is 19. The van der Waals surface area contributed by atoms with E-state index in [1.165, 1.54) is 0 Å². The maximum atomic E-state index is 11.9. The fourth-order valence-corrected chi connectivity index (χ4v) is 6.65. The quantitative estimate of drug-likeness (QED) is 0.0504. The van der Waals surface area contributed by atoms with E-state index in [9.17, 15) is 17.4 Å². The van der Waals surface area contributed by atoms with Crippen LogP contribution in [0, 0.1) is 13.2 Å². The van der Waals surface area contributed by atoms with Crippen molar-refractivity contribution >= 4 is 71.1 Å². The van der Waals surface area contributed by atoms with E-state index in [0.717, 1.165) is 32.2 Å². The van der Waals surface area contributed by atoms with Gasteiger partial charge in [0.15, 0.2) is 0 Å². The van der Waals surface area contributed by atoms with Gasteiger partial charge in [0.2, 0.25) is 0 Å². The molecule has 0 radical (unpaired) electrons. The SMILES string of the molecule is CC(C)(C)S(=O)NC1(CCC=O)COC1.CC(C)(C)S(=O)NC1(CC[CH-]N)COC1.CC(C)(C)S(=O)NC1(CC[CH-]O)COC1.N.O=S(=O)=O.O=S(=O)=O.O=S(=O)=O.[H-].[Na+].[Na+].[Na+]. The summed E-state index contributed by atoms with van der Waals surface area (Å²) < 4.78 is 136. The van der Waals surface area contributed by atoms with Crippen LogP contribution in [0.5, 0.6) is 0 Å². The molecule has 0 aromatic heterocycles. The van der Waals surface area contributed by atoms with Gasteiger partial charge in [-0.05, 0) is 68.7 Å². The third-order valence-corrected chi connectivity index (χ3v) is 12.3. The van der Waals surface area contributed by atoms with Gasteiger partial charge < -0.3 is 37.4 Å². The fraction of sp³-hybridized carbons (Fsp3) is 0.900. The molecule has 0 spiro atoms. The third kappa shape index (κ3) is 40.4. The average Bonchev–Trinajstić information content (AvgIpc) is 2.99.